The van der Waals surface area contributed by atoms with Gasteiger partial charge in [0, 0.05) is 35.8 Å². The first-order valence-corrected chi connectivity index (χ1v) is 7.50. The van der Waals surface area contributed by atoms with Crippen molar-refractivity contribution in [3.05, 3.63) is 22.4 Å². The third-order valence-corrected chi connectivity index (χ3v) is 4.51. The molecule has 100 valence electrons. The van der Waals surface area contributed by atoms with Gasteiger partial charge >= 0.3 is 0 Å². The second kappa shape index (κ2) is 5.85. The molecular weight excluding hydrogens is 244 g/mol. The molecular formula is C14H22N2OS. The van der Waals surface area contributed by atoms with Crippen LogP contribution in [0, 0.1) is 0 Å². The van der Waals surface area contributed by atoms with Gasteiger partial charge < -0.3 is 10.6 Å². The highest BCUT2D eigenvalue weighted by Gasteiger charge is 2.23. The number of carbonyl (C=O) groups excluding carboxylic acids is 1. The number of hydrogen-bond donors (Lipinski definition) is 2. The van der Waals surface area contributed by atoms with Crippen LogP contribution in [-0.2, 0) is 10.2 Å². The predicted octanol–water partition coefficient (Wildman–Crippen LogP) is 2.28. The molecule has 1 aliphatic rings. The molecule has 0 atom stereocenters. The maximum Gasteiger partial charge on any atom is 0.221 e. The van der Waals surface area contributed by atoms with Gasteiger partial charge in [-0.05, 0) is 24.3 Å². The molecule has 1 saturated carbocycles. The molecule has 0 unspecified atom stereocenters. The lowest BCUT2D eigenvalue weighted by atomic mass is 9.91. The van der Waals surface area contributed by atoms with Gasteiger partial charge in [-0.1, -0.05) is 19.9 Å². The molecule has 4 heteroatoms. The van der Waals surface area contributed by atoms with Crippen LogP contribution < -0.4 is 10.6 Å². The highest BCUT2D eigenvalue weighted by atomic mass is 32.1. The van der Waals surface area contributed by atoms with Crippen molar-refractivity contribution in [2.75, 3.05) is 13.1 Å². The molecule has 0 aliphatic heterocycles. The first kappa shape index (κ1) is 13.6. The van der Waals surface area contributed by atoms with Crippen LogP contribution in [0.4, 0.5) is 0 Å². The maximum atomic E-state index is 11.7. The van der Waals surface area contributed by atoms with E-state index in [4.69, 9.17) is 0 Å². The molecule has 18 heavy (non-hydrogen) atoms. The Morgan fingerprint density at radius 3 is 2.89 bits per heavy atom. The van der Waals surface area contributed by atoms with Crippen molar-refractivity contribution < 1.29 is 4.79 Å². The number of nitrogens with one attached hydrogen (secondary N) is 2. The van der Waals surface area contributed by atoms with Gasteiger partial charge in [-0.25, -0.2) is 0 Å². The number of rotatable bonds is 7. The molecule has 1 aromatic rings. The van der Waals surface area contributed by atoms with E-state index in [0.717, 1.165) is 6.54 Å². The van der Waals surface area contributed by atoms with Crippen LogP contribution in [0.1, 0.15) is 38.0 Å². The molecule has 0 saturated heterocycles. The fraction of sp³-hybridized carbons (Fsp3) is 0.643. The monoisotopic (exact) mass is 266 g/mol. The van der Waals surface area contributed by atoms with E-state index in [2.05, 4.69) is 42.0 Å². The van der Waals surface area contributed by atoms with Gasteiger partial charge in [0.05, 0.1) is 0 Å². The highest BCUT2D eigenvalue weighted by Crippen LogP contribution is 2.26. The van der Waals surface area contributed by atoms with Gasteiger partial charge in [-0.15, -0.1) is 11.3 Å². The average molecular weight is 266 g/mol. The Hall–Kier alpha value is -0.870. The summed E-state index contributed by atoms with van der Waals surface area (Å²) in [6.45, 7) is 5.84. The van der Waals surface area contributed by atoms with E-state index in [1.165, 1.54) is 17.7 Å². The zero-order chi connectivity index (χ0) is 13.0. The Morgan fingerprint density at radius 2 is 2.28 bits per heavy atom. The van der Waals surface area contributed by atoms with Crippen molar-refractivity contribution in [2.45, 2.75) is 44.6 Å². The Kier molecular flexibility index (Phi) is 4.40. The zero-order valence-electron chi connectivity index (χ0n) is 11.2. The summed E-state index contributed by atoms with van der Waals surface area (Å²) in [5.74, 6) is 0.146. The molecule has 0 bridgehead atoms. The van der Waals surface area contributed by atoms with Crippen molar-refractivity contribution in [3.63, 3.8) is 0 Å². The first-order chi connectivity index (χ1) is 8.58. The Labute approximate surface area is 113 Å². The minimum absolute atomic E-state index is 0.0216. The Morgan fingerprint density at radius 1 is 1.50 bits per heavy atom. The lowest BCUT2D eigenvalue weighted by molar-refractivity contribution is -0.121. The fourth-order valence-corrected chi connectivity index (χ4v) is 2.69. The molecule has 1 aliphatic carbocycles. The van der Waals surface area contributed by atoms with Crippen molar-refractivity contribution in [1.82, 2.24) is 10.6 Å². The highest BCUT2D eigenvalue weighted by molar-refractivity contribution is 7.10. The molecule has 1 fully saturated rings. The second-order valence-corrected chi connectivity index (χ2v) is 6.56. The summed E-state index contributed by atoms with van der Waals surface area (Å²) in [5, 5.41) is 8.47. The number of carbonyl (C=O) groups is 1. The largest absolute Gasteiger partial charge is 0.355 e. The molecule has 2 rings (SSSR count). The van der Waals surface area contributed by atoms with E-state index in [-0.39, 0.29) is 11.3 Å². The van der Waals surface area contributed by atoms with Crippen LogP contribution >= 0.6 is 11.3 Å². The van der Waals surface area contributed by atoms with E-state index < -0.39 is 0 Å². The van der Waals surface area contributed by atoms with Crippen LogP contribution in [0.2, 0.25) is 0 Å². The standard InChI is InChI=1S/C14H22N2OS/c1-14(2,12-4-3-9-18-12)10-16-13(17)7-8-15-11-5-6-11/h3-4,9,11,15H,5-8,10H2,1-2H3,(H,16,17). The number of thiophene rings is 1. The molecule has 0 aromatic carbocycles. The summed E-state index contributed by atoms with van der Waals surface area (Å²) in [6, 6.07) is 4.87. The third-order valence-electron chi connectivity index (χ3n) is 3.28. The molecule has 2 N–H and O–H groups in total. The van der Waals surface area contributed by atoms with Gasteiger partial charge in [-0.3, -0.25) is 4.79 Å². The van der Waals surface area contributed by atoms with Crippen molar-refractivity contribution >= 4 is 17.2 Å². The Balaban J connectivity index is 1.67. The summed E-state index contributed by atoms with van der Waals surface area (Å²) >= 11 is 1.75. The van der Waals surface area contributed by atoms with Crippen molar-refractivity contribution in [1.29, 1.82) is 0 Å². The summed E-state index contributed by atoms with van der Waals surface area (Å²) < 4.78 is 0. The third kappa shape index (κ3) is 4.10. The van der Waals surface area contributed by atoms with Gasteiger partial charge in [0.2, 0.25) is 5.91 Å². The zero-order valence-corrected chi connectivity index (χ0v) is 12.0. The normalized spacial score (nSPS) is 15.7. The lowest BCUT2D eigenvalue weighted by Gasteiger charge is -2.23. The van der Waals surface area contributed by atoms with Crippen LogP contribution in [0.5, 0.6) is 0 Å². The van der Waals surface area contributed by atoms with Crippen LogP contribution in [-0.4, -0.2) is 25.0 Å². The van der Waals surface area contributed by atoms with Crippen molar-refractivity contribution in [3.8, 4) is 0 Å². The fourth-order valence-electron chi connectivity index (χ4n) is 1.84. The molecule has 0 radical (unpaired) electrons. The molecule has 3 nitrogen and oxygen atoms in total. The van der Waals surface area contributed by atoms with E-state index in [1.807, 2.05) is 0 Å². The number of hydrogen-bond acceptors (Lipinski definition) is 3. The number of amides is 1. The summed E-state index contributed by atoms with van der Waals surface area (Å²) in [6.07, 6.45) is 3.12. The van der Waals surface area contributed by atoms with E-state index in [1.54, 1.807) is 11.3 Å². The molecule has 1 amide bonds. The summed E-state index contributed by atoms with van der Waals surface area (Å²) in [5.41, 5.74) is 0.0216. The summed E-state index contributed by atoms with van der Waals surface area (Å²) in [4.78, 5) is 13.0. The van der Waals surface area contributed by atoms with Crippen LogP contribution in [0.25, 0.3) is 0 Å². The maximum absolute atomic E-state index is 11.7. The van der Waals surface area contributed by atoms with Gasteiger partial charge in [-0.2, -0.15) is 0 Å². The SMILES string of the molecule is CC(C)(CNC(=O)CCNC1CC1)c1cccs1. The predicted molar refractivity (Wildman–Crippen MR) is 76.0 cm³/mol. The Bertz CT molecular complexity index is 383. The van der Waals surface area contributed by atoms with Gasteiger partial charge in [0.15, 0.2) is 0 Å². The molecule has 0 spiro atoms. The van der Waals surface area contributed by atoms with Crippen LogP contribution in [0.3, 0.4) is 0 Å². The lowest BCUT2D eigenvalue weighted by Crippen LogP contribution is -2.37. The minimum atomic E-state index is 0.0216. The minimum Gasteiger partial charge on any atom is -0.355 e. The summed E-state index contributed by atoms with van der Waals surface area (Å²) in [7, 11) is 0. The van der Waals surface area contributed by atoms with E-state index >= 15 is 0 Å². The average Bonchev–Trinajstić information content (AvgIpc) is 2.96. The van der Waals surface area contributed by atoms with Gasteiger partial charge in [0.1, 0.15) is 0 Å². The van der Waals surface area contributed by atoms with E-state index in [9.17, 15) is 4.79 Å². The smallest absolute Gasteiger partial charge is 0.221 e. The van der Waals surface area contributed by atoms with Crippen LogP contribution in [0.15, 0.2) is 17.5 Å². The quantitative estimate of drug-likeness (QED) is 0.795. The second-order valence-electron chi connectivity index (χ2n) is 5.62. The van der Waals surface area contributed by atoms with E-state index in [0.29, 0.717) is 19.0 Å². The van der Waals surface area contributed by atoms with Crippen molar-refractivity contribution in [2.24, 2.45) is 0 Å². The topological polar surface area (TPSA) is 41.1 Å². The molecule has 1 heterocycles. The first-order valence-electron chi connectivity index (χ1n) is 6.62. The molecule has 1 aromatic heterocycles. The van der Waals surface area contributed by atoms with Gasteiger partial charge in [0.25, 0.3) is 0 Å².